The second kappa shape index (κ2) is 12.5. The minimum Gasteiger partial charge on any atom is -0.493 e. The summed E-state index contributed by atoms with van der Waals surface area (Å²) in [5, 5.41) is 18.2. The highest BCUT2D eigenvalue weighted by Gasteiger charge is 2.09. The van der Waals surface area contributed by atoms with Crippen molar-refractivity contribution < 1.29 is 24.5 Å². The largest absolute Gasteiger partial charge is 0.493 e. The Kier molecular flexibility index (Phi) is 9.68. The molecule has 0 aromatic heterocycles. The zero-order valence-electron chi connectivity index (χ0n) is 16.4. The van der Waals surface area contributed by atoms with E-state index in [1.165, 1.54) is 37.2 Å². The van der Waals surface area contributed by atoms with Gasteiger partial charge in [0.1, 0.15) is 5.75 Å². The molecule has 1 aliphatic heterocycles. The zero-order chi connectivity index (χ0) is 20.9. The van der Waals surface area contributed by atoms with Crippen LogP contribution in [0, 0.1) is 0 Å². The van der Waals surface area contributed by atoms with Crippen molar-refractivity contribution in [1.29, 1.82) is 0 Å². The number of nitrogens with zero attached hydrogens (tertiary/aromatic N) is 1. The van der Waals surface area contributed by atoms with Crippen LogP contribution in [0.4, 0.5) is 0 Å². The molecule has 7 heteroatoms. The Bertz CT molecular complexity index is 749. The first-order chi connectivity index (χ1) is 14.1. The summed E-state index contributed by atoms with van der Waals surface area (Å²) < 4.78 is 6.05. The van der Waals surface area contributed by atoms with Gasteiger partial charge in [-0.15, -0.1) is 0 Å². The Morgan fingerprint density at radius 2 is 1.52 bits per heavy atom. The number of para-hydroxylation sites is 1. The first-order valence-electron chi connectivity index (χ1n) is 9.74. The molecule has 0 spiro atoms. The monoisotopic (exact) mass is 400 g/mol. The molecular formula is C22H28N2O5. The summed E-state index contributed by atoms with van der Waals surface area (Å²) in [5.41, 5.74) is 2.39. The van der Waals surface area contributed by atoms with Crippen LogP contribution in [0.1, 0.15) is 12.8 Å². The Morgan fingerprint density at radius 3 is 2.17 bits per heavy atom. The van der Waals surface area contributed by atoms with Crippen molar-refractivity contribution in [3.63, 3.8) is 0 Å². The summed E-state index contributed by atoms with van der Waals surface area (Å²) in [6.45, 7) is 6.58. The highest BCUT2D eigenvalue weighted by molar-refractivity contribution is 6.27. The van der Waals surface area contributed by atoms with Crippen LogP contribution >= 0.6 is 0 Å². The molecule has 0 bridgehead atoms. The van der Waals surface area contributed by atoms with Gasteiger partial charge in [0.2, 0.25) is 0 Å². The van der Waals surface area contributed by atoms with Gasteiger partial charge in [0.05, 0.1) is 6.61 Å². The molecule has 2 aromatic rings. The Labute approximate surface area is 170 Å². The van der Waals surface area contributed by atoms with E-state index < -0.39 is 11.9 Å². The maximum Gasteiger partial charge on any atom is 0.414 e. The molecule has 1 aliphatic rings. The minimum absolute atomic E-state index is 0.788. The lowest BCUT2D eigenvalue weighted by Crippen LogP contribution is -2.43. The smallest absolute Gasteiger partial charge is 0.414 e. The quantitative estimate of drug-likeness (QED) is 0.485. The number of ether oxygens (including phenoxy) is 1. The van der Waals surface area contributed by atoms with Crippen molar-refractivity contribution in [1.82, 2.24) is 10.2 Å². The summed E-state index contributed by atoms with van der Waals surface area (Å²) >= 11 is 0. The summed E-state index contributed by atoms with van der Waals surface area (Å²) in [6.07, 6.45) is 2.31. The summed E-state index contributed by atoms with van der Waals surface area (Å²) in [7, 11) is 0. The summed E-state index contributed by atoms with van der Waals surface area (Å²) in [6, 6.07) is 18.8. The molecule has 29 heavy (non-hydrogen) atoms. The summed E-state index contributed by atoms with van der Waals surface area (Å²) in [4.78, 5) is 20.7. The van der Waals surface area contributed by atoms with Crippen LogP contribution in [0.5, 0.6) is 5.75 Å². The lowest BCUT2D eigenvalue weighted by atomic mass is 10.1. The normalized spacial score (nSPS) is 13.8. The van der Waals surface area contributed by atoms with Gasteiger partial charge < -0.3 is 25.2 Å². The fourth-order valence-electron chi connectivity index (χ4n) is 3.00. The van der Waals surface area contributed by atoms with E-state index in [2.05, 4.69) is 52.7 Å². The van der Waals surface area contributed by atoms with Gasteiger partial charge in [-0.2, -0.15) is 0 Å². The lowest BCUT2D eigenvalue weighted by Gasteiger charge is -2.27. The van der Waals surface area contributed by atoms with Gasteiger partial charge in [-0.1, -0.05) is 48.5 Å². The predicted molar refractivity (Wildman–Crippen MR) is 111 cm³/mol. The number of benzene rings is 2. The number of hydrogen-bond donors (Lipinski definition) is 3. The minimum atomic E-state index is -1.82. The van der Waals surface area contributed by atoms with Gasteiger partial charge in [0.15, 0.2) is 0 Å². The van der Waals surface area contributed by atoms with Gasteiger partial charge in [0.25, 0.3) is 0 Å². The van der Waals surface area contributed by atoms with E-state index in [0.717, 1.165) is 31.9 Å². The van der Waals surface area contributed by atoms with Crippen LogP contribution in [0.25, 0.3) is 11.1 Å². The van der Waals surface area contributed by atoms with Crippen LogP contribution in [0.15, 0.2) is 54.6 Å². The highest BCUT2D eigenvalue weighted by atomic mass is 16.5. The molecule has 0 saturated carbocycles. The van der Waals surface area contributed by atoms with Gasteiger partial charge >= 0.3 is 11.9 Å². The zero-order valence-corrected chi connectivity index (χ0v) is 16.4. The van der Waals surface area contributed by atoms with Crippen molar-refractivity contribution in [2.75, 3.05) is 39.3 Å². The molecule has 0 radical (unpaired) electrons. The molecule has 2 aromatic carbocycles. The molecule has 7 nitrogen and oxygen atoms in total. The topological polar surface area (TPSA) is 99.1 Å². The van der Waals surface area contributed by atoms with E-state index in [1.54, 1.807) is 0 Å². The van der Waals surface area contributed by atoms with Crippen molar-refractivity contribution in [2.45, 2.75) is 12.8 Å². The second-order valence-corrected chi connectivity index (χ2v) is 6.62. The van der Waals surface area contributed by atoms with E-state index in [0.29, 0.717) is 0 Å². The Balaban J connectivity index is 0.000000438. The van der Waals surface area contributed by atoms with Crippen molar-refractivity contribution >= 4 is 11.9 Å². The van der Waals surface area contributed by atoms with Crippen LogP contribution in [0.2, 0.25) is 0 Å². The molecule has 0 unspecified atom stereocenters. The van der Waals surface area contributed by atoms with E-state index in [9.17, 15) is 0 Å². The molecule has 156 valence electrons. The molecule has 0 aliphatic carbocycles. The van der Waals surface area contributed by atoms with E-state index >= 15 is 0 Å². The number of carbonyl (C=O) groups is 2. The maximum absolute atomic E-state index is 9.10. The van der Waals surface area contributed by atoms with E-state index in [1.807, 2.05) is 12.1 Å². The average molecular weight is 400 g/mol. The summed E-state index contributed by atoms with van der Waals surface area (Å²) in [5.74, 6) is -2.66. The third-order valence-electron chi connectivity index (χ3n) is 4.49. The van der Waals surface area contributed by atoms with E-state index in [4.69, 9.17) is 24.5 Å². The van der Waals surface area contributed by atoms with Crippen molar-refractivity contribution in [3.05, 3.63) is 54.6 Å². The lowest BCUT2D eigenvalue weighted by molar-refractivity contribution is -0.159. The number of piperazine rings is 1. The van der Waals surface area contributed by atoms with Crippen LogP contribution in [-0.2, 0) is 9.59 Å². The van der Waals surface area contributed by atoms with Gasteiger partial charge in [-0.25, -0.2) is 9.59 Å². The molecule has 1 fully saturated rings. The SMILES string of the molecule is O=C(O)C(=O)O.c1ccc(-c2ccccc2OCCCCN2CCNCC2)cc1. The fourth-order valence-corrected chi connectivity index (χ4v) is 3.00. The third-order valence-corrected chi connectivity index (χ3v) is 4.49. The van der Waals surface area contributed by atoms with Crippen molar-refractivity contribution in [3.8, 4) is 16.9 Å². The molecule has 0 atom stereocenters. The Hall–Kier alpha value is -2.90. The predicted octanol–water partition coefficient (Wildman–Crippen LogP) is 2.57. The number of unbranched alkanes of at least 4 members (excludes halogenated alkanes) is 1. The molecular weight excluding hydrogens is 372 g/mol. The average Bonchev–Trinajstić information content (AvgIpc) is 2.75. The molecule has 0 amide bonds. The van der Waals surface area contributed by atoms with Crippen LogP contribution in [0.3, 0.4) is 0 Å². The third kappa shape index (κ3) is 8.33. The maximum atomic E-state index is 9.10. The molecule has 1 saturated heterocycles. The highest BCUT2D eigenvalue weighted by Crippen LogP contribution is 2.29. The number of carboxylic acids is 2. The Morgan fingerprint density at radius 1 is 0.897 bits per heavy atom. The number of nitrogens with one attached hydrogen (secondary N) is 1. The number of carboxylic acid groups (broad SMARTS) is 2. The van der Waals surface area contributed by atoms with Gasteiger partial charge in [-0.05, 0) is 31.0 Å². The van der Waals surface area contributed by atoms with Gasteiger partial charge in [0, 0.05) is 31.7 Å². The standard InChI is InChI=1S/C20H26N2O.C2H2O4/c1-2-8-18(9-3-1)19-10-4-5-11-20(19)23-17-7-6-14-22-15-12-21-13-16-22;3-1(4)2(5)6/h1-5,8-11,21H,6-7,12-17H2;(H,3,4)(H,5,6). The van der Waals surface area contributed by atoms with Crippen molar-refractivity contribution in [2.24, 2.45) is 0 Å². The number of hydrogen-bond acceptors (Lipinski definition) is 5. The molecule has 1 heterocycles. The first-order valence-corrected chi connectivity index (χ1v) is 9.74. The van der Waals surface area contributed by atoms with Crippen LogP contribution in [-0.4, -0.2) is 66.4 Å². The second-order valence-electron chi connectivity index (χ2n) is 6.62. The molecule has 3 rings (SSSR count). The van der Waals surface area contributed by atoms with Gasteiger partial charge in [-0.3, -0.25) is 0 Å². The number of aliphatic carboxylic acids is 2. The van der Waals surface area contributed by atoms with E-state index in [-0.39, 0.29) is 0 Å². The first kappa shape index (κ1) is 22.4. The fraction of sp³-hybridized carbons (Fsp3) is 0.364. The van der Waals surface area contributed by atoms with Crippen LogP contribution < -0.4 is 10.1 Å². The molecule has 3 N–H and O–H groups in total. The number of rotatable bonds is 7.